The molecule has 0 spiro atoms. The summed E-state index contributed by atoms with van der Waals surface area (Å²) in [6.07, 6.45) is 3.88. The molecule has 3 rings (SSSR count). The number of imidazole rings is 1. The summed E-state index contributed by atoms with van der Waals surface area (Å²) in [5, 5.41) is 8.43. The van der Waals surface area contributed by atoms with E-state index in [9.17, 15) is 4.39 Å². The highest BCUT2D eigenvalue weighted by atomic mass is 32.1. The van der Waals surface area contributed by atoms with Crippen molar-refractivity contribution in [3.63, 3.8) is 0 Å². The molecule has 0 saturated heterocycles. The Morgan fingerprint density at radius 3 is 2.88 bits per heavy atom. The van der Waals surface area contributed by atoms with Gasteiger partial charge in [-0.2, -0.15) is 0 Å². The van der Waals surface area contributed by atoms with Crippen molar-refractivity contribution in [2.75, 3.05) is 13.6 Å². The molecule has 0 amide bonds. The number of thiazole rings is 1. The number of aromatic nitrogens is 2. The van der Waals surface area contributed by atoms with E-state index < -0.39 is 0 Å². The number of nitrogens with zero attached hydrogens (tertiary/aromatic N) is 3. The molecule has 1 aromatic carbocycles. The van der Waals surface area contributed by atoms with Crippen LogP contribution in [0.15, 0.2) is 47.0 Å². The third-order valence-corrected chi connectivity index (χ3v) is 4.28. The van der Waals surface area contributed by atoms with Gasteiger partial charge in [0.2, 0.25) is 0 Å². The average molecular weight is 361 g/mol. The number of benzene rings is 1. The first kappa shape index (κ1) is 17.2. The van der Waals surface area contributed by atoms with Gasteiger partial charge in [-0.1, -0.05) is 0 Å². The maximum Gasteiger partial charge on any atom is 0.193 e. The number of nitrogens with one attached hydrogen (secondary N) is 2. The van der Waals surface area contributed by atoms with Crippen LogP contribution < -0.4 is 15.4 Å². The molecular formula is C17H20FN5OS. The number of ether oxygens (including phenoxy) is 1. The molecule has 6 nitrogen and oxygen atoms in total. The molecule has 0 radical (unpaired) electrons. The van der Waals surface area contributed by atoms with Gasteiger partial charge >= 0.3 is 0 Å². The van der Waals surface area contributed by atoms with Gasteiger partial charge in [-0.05, 0) is 31.2 Å². The topological polar surface area (TPSA) is 63.0 Å². The lowest BCUT2D eigenvalue weighted by Gasteiger charge is -2.17. The predicted molar refractivity (Wildman–Crippen MR) is 97.8 cm³/mol. The van der Waals surface area contributed by atoms with Crippen molar-refractivity contribution in [1.29, 1.82) is 0 Å². The summed E-state index contributed by atoms with van der Waals surface area (Å²) >= 11 is 1.60. The first-order valence-corrected chi connectivity index (χ1v) is 8.80. The fraction of sp³-hybridized carbons (Fsp3) is 0.294. The van der Waals surface area contributed by atoms with Crippen LogP contribution in [0.1, 0.15) is 12.6 Å². The third-order valence-electron chi connectivity index (χ3n) is 3.51. The maximum absolute atomic E-state index is 12.9. The van der Waals surface area contributed by atoms with E-state index in [0.29, 0.717) is 24.8 Å². The number of hydrogen-bond donors (Lipinski definition) is 2. The van der Waals surface area contributed by atoms with E-state index >= 15 is 0 Å². The second kappa shape index (κ2) is 7.98. The van der Waals surface area contributed by atoms with E-state index in [1.807, 2.05) is 29.1 Å². The summed E-state index contributed by atoms with van der Waals surface area (Å²) in [6.45, 7) is 3.09. The number of halogens is 1. The SMILES string of the molecule is CN=C(NCc1cn2ccsc2n1)NCC(C)Oc1ccc(F)cc1. The van der Waals surface area contributed by atoms with Gasteiger partial charge in [-0.15, -0.1) is 11.3 Å². The predicted octanol–water partition coefficient (Wildman–Crippen LogP) is 2.67. The molecule has 0 aliphatic heterocycles. The van der Waals surface area contributed by atoms with Gasteiger partial charge in [0.25, 0.3) is 0 Å². The molecule has 8 heteroatoms. The largest absolute Gasteiger partial charge is 0.489 e. The van der Waals surface area contributed by atoms with E-state index in [-0.39, 0.29) is 11.9 Å². The summed E-state index contributed by atoms with van der Waals surface area (Å²) in [5.41, 5.74) is 0.949. The van der Waals surface area contributed by atoms with Crippen LogP contribution in [0, 0.1) is 5.82 Å². The van der Waals surface area contributed by atoms with Gasteiger partial charge in [-0.3, -0.25) is 9.39 Å². The number of guanidine groups is 1. The number of hydrogen-bond acceptors (Lipinski definition) is 4. The summed E-state index contributed by atoms with van der Waals surface area (Å²) in [6, 6.07) is 5.99. The molecule has 2 aromatic heterocycles. The maximum atomic E-state index is 12.9. The Morgan fingerprint density at radius 1 is 1.36 bits per heavy atom. The second-order valence-corrected chi connectivity index (χ2v) is 6.39. The van der Waals surface area contributed by atoms with Crippen molar-refractivity contribution in [1.82, 2.24) is 20.0 Å². The highest BCUT2D eigenvalue weighted by Crippen LogP contribution is 2.13. The molecule has 0 fully saturated rings. The van der Waals surface area contributed by atoms with Gasteiger partial charge in [0.05, 0.1) is 18.8 Å². The highest BCUT2D eigenvalue weighted by Gasteiger charge is 2.07. The first-order chi connectivity index (χ1) is 12.1. The quantitative estimate of drug-likeness (QED) is 0.523. The van der Waals surface area contributed by atoms with Crippen LogP contribution in [-0.2, 0) is 6.54 Å². The summed E-state index contributed by atoms with van der Waals surface area (Å²) < 4.78 is 20.6. The molecule has 1 atom stereocenters. The van der Waals surface area contributed by atoms with Gasteiger partial charge < -0.3 is 15.4 Å². The molecule has 3 aromatic rings. The Labute approximate surface area is 149 Å². The lowest BCUT2D eigenvalue weighted by Crippen LogP contribution is -2.41. The van der Waals surface area contributed by atoms with E-state index in [1.54, 1.807) is 30.5 Å². The molecule has 0 saturated carbocycles. The fourth-order valence-corrected chi connectivity index (χ4v) is 3.00. The standard InChI is InChI=1S/C17H20FN5OS/c1-12(24-15-5-3-13(18)4-6-15)9-20-16(19-2)21-10-14-11-23-7-8-25-17(23)22-14/h3-8,11-12H,9-10H2,1-2H3,(H2,19,20,21). The van der Waals surface area contributed by atoms with Crippen LogP contribution in [0.5, 0.6) is 5.75 Å². The monoisotopic (exact) mass is 361 g/mol. The zero-order chi connectivity index (χ0) is 17.6. The van der Waals surface area contributed by atoms with E-state index in [2.05, 4.69) is 20.6 Å². The zero-order valence-corrected chi connectivity index (χ0v) is 14.9. The lowest BCUT2D eigenvalue weighted by atomic mass is 10.3. The normalized spacial score (nSPS) is 13.0. The first-order valence-electron chi connectivity index (χ1n) is 7.92. The average Bonchev–Trinajstić information content (AvgIpc) is 3.18. The fourth-order valence-electron chi connectivity index (χ4n) is 2.28. The Kier molecular flexibility index (Phi) is 5.49. The van der Waals surface area contributed by atoms with Crippen LogP contribution in [-0.4, -0.2) is 35.0 Å². The highest BCUT2D eigenvalue weighted by molar-refractivity contribution is 7.15. The van der Waals surface area contributed by atoms with Crippen molar-refractivity contribution >= 4 is 22.3 Å². The van der Waals surface area contributed by atoms with Crippen LogP contribution in [0.3, 0.4) is 0 Å². The second-order valence-electron chi connectivity index (χ2n) is 5.51. The Balaban J connectivity index is 1.45. The van der Waals surface area contributed by atoms with E-state index in [1.165, 1.54) is 12.1 Å². The number of fused-ring (bicyclic) bond motifs is 1. The molecule has 2 heterocycles. The van der Waals surface area contributed by atoms with E-state index in [0.717, 1.165) is 10.7 Å². The van der Waals surface area contributed by atoms with Gasteiger partial charge in [0.1, 0.15) is 17.7 Å². The molecule has 2 N–H and O–H groups in total. The van der Waals surface area contributed by atoms with Crippen molar-refractivity contribution in [2.24, 2.45) is 4.99 Å². The molecule has 25 heavy (non-hydrogen) atoms. The van der Waals surface area contributed by atoms with E-state index in [4.69, 9.17) is 4.74 Å². The minimum absolute atomic E-state index is 0.0954. The smallest absolute Gasteiger partial charge is 0.193 e. The minimum Gasteiger partial charge on any atom is -0.489 e. The number of rotatable bonds is 6. The van der Waals surface area contributed by atoms with Gasteiger partial charge in [0, 0.05) is 24.8 Å². The van der Waals surface area contributed by atoms with Gasteiger partial charge in [-0.25, -0.2) is 9.37 Å². The van der Waals surface area contributed by atoms with Crippen molar-refractivity contribution in [2.45, 2.75) is 19.6 Å². The lowest BCUT2D eigenvalue weighted by molar-refractivity contribution is 0.223. The third kappa shape index (κ3) is 4.69. The minimum atomic E-state index is -0.276. The summed E-state index contributed by atoms with van der Waals surface area (Å²) in [5.74, 6) is 1.03. The summed E-state index contributed by atoms with van der Waals surface area (Å²) in [4.78, 5) is 9.68. The summed E-state index contributed by atoms with van der Waals surface area (Å²) in [7, 11) is 1.71. The van der Waals surface area contributed by atoms with Crippen molar-refractivity contribution in [3.05, 3.63) is 53.6 Å². The van der Waals surface area contributed by atoms with Crippen molar-refractivity contribution in [3.8, 4) is 5.75 Å². The van der Waals surface area contributed by atoms with Gasteiger partial charge in [0.15, 0.2) is 10.9 Å². The van der Waals surface area contributed by atoms with Crippen LogP contribution >= 0.6 is 11.3 Å². The Hall–Kier alpha value is -2.61. The zero-order valence-electron chi connectivity index (χ0n) is 14.1. The Bertz CT molecular complexity index is 814. The van der Waals surface area contributed by atoms with Crippen LogP contribution in [0.2, 0.25) is 0 Å². The van der Waals surface area contributed by atoms with Crippen molar-refractivity contribution < 1.29 is 9.13 Å². The molecule has 0 aliphatic carbocycles. The Morgan fingerprint density at radius 2 is 2.16 bits per heavy atom. The van der Waals surface area contributed by atoms with Crippen LogP contribution in [0.4, 0.5) is 4.39 Å². The molecule has 0 bridgehead atoms. The van der Waals surface area contributed by atoms with Crippen LogP contribution in [0.25, 0.3) is 4.96 Å². The molecular weight excluding hydrogens is 341 g/mol. The molecule has 132 valence electrons. The molecule has 1 unspecified atom stereocenters. The molecule has 0 aliphatic rings. The number of aliphatic imine (C=N–C) groups is 1.